The Balaban J connectivity index is 2.11. The van der Waals surface area contributed by atoms with Crippen molar-refractivity contribution >= 4 is 23.0 Å². The number of nitro groups is 1. The Morgan fingerprint density at radius 1 is 1.29 bits per heavy atom. The Bertz CT molecular complexity index is 645. The van der Waals surface area contributed by atoms with Gasteiger partial charge in [-0.2, -0.15) is 0 Å². The molecule has 0 saturated carbocycles. The number of nitro benzene ring substituents is 1. The van der Waals surface area contributed by atoms with Gasteiger partial charge in [-0.25, -0.2) is 0 Å². The molecule has 110 valence electrons. The van der Waals surface area contributed by atoms with E-state index in [1.54, 1.807) is 6.92 Å². The Hall–Kier alpha value is -2.11. The molecule has 2 rings (SSSR count). The average molecular weight is 307 g/mol. The maximum Gasteiger partial charge on any atom is 0.271 e. The molecular weight excluding hydrogens is 292 g/mol. The van der Waals surface area contributed by atoms with Gasteiger partial charge in [0.25, 0.3) is 5.69 Å². The molecule has 0 radical (unpaired) electrons. The molecule has 1 atom stereocenters. The predicted molar refractivity (Wildman–Crippen MR) is 82.6 cm³/mol. The molecule has 0 spiro atoms. The van der Waals surface area contributed by atoms with Crippen molar-refractivity contribution in [1.82, 2.24) is 0 Å². The van der Waals surface area contributed by atoms with E-state index in [2.05, 4.69) is 5.32 Å². The number of nitrogens with one attached hydrogen (secondary N) is 1. The minimum absolute atomic E-state index is 0.0691. The smallest absolute Gasteiger partial charge is 0.271 e. The van der Waals surface area contributed by atoms with Crippen LogP contribution in [0.3, 0.4) is 0 Å². The van der Waals surface area contributed by atoms with Crippen molar-refractivity contribution in [3.05, 3.63) is 69.2 Å². The highest BCUT2D eigenvalue weighted by molar-refractivity contribution is 6.33. The average Bonchev–Trinajstić information content (AvgIpc) is 2.46. The number of hydrogen-bond acceptors (Lipinski definition) is 4. The number of rotatable bonds is 5. The number of non-ortho nitro benzene ring substituents is 1. The fourth-order valence-corrected chi connectivity index (χ4v) is 2.17. The van der Waals surface area contributed by atoms with Gasteiger partial charge in [0, 0.05) is 18.7 Å². The highest BCUT2D eigenvalue weighted by Gasteiger charge is 2.23. The molecule has 0 aliphatic carbocycles. The van der Waals surface area contributed by atoms with Crippen molar-refractivity contribution in [2.45, 2.75) is 12.5 Å². The van der Waals surface area contributed by atoms with Crippen LogP contribution in [0.15, 0.2) is 48.5 Å². The molecule has 0 aromatic heterocycles. The van der Waals surface area contributed by atoms with E-state index in [4.69, 9.17) is 11.6 Å². The van der Waals surface area contributed by atoms with E-state index in [9.17, 15) is 15.2 Å². The van der Waals surface area contributed by atoms with Gasteiger partial charge in [-0.3, -0.25) is 10.1 Å². The first-order chi connectivity index (χ1) is 9.90. The first-order valence-corrected chi connectivity index (χ1v) is 6.74. The Morgan fingerprint density at radius 2 is 1.95 bits per heavy atom. The van der Waals surface area contributed by atoms with E-state index < -0.39 is 10.5 Å². The zero-order chi connectivity index (χ0) is 15.5. The van der Waals surface area contributed by atoms with Crippen LogP contribution in [0.5, 0.6) is 0 Å². The highest BCUT2D eigenvalue weighted by atomic mass is 35.5. The first-order valence-electron chi connectivity index (χ1n) is 6.36. The van der Waals surface area contributed by atoms with Crippen molar-refractivity contribution in [2.75, 3.05) is 11.9 Å². The molecule has 5 nitrogen and oxygen atoms in total. The summed E-state index contributed by atoms with van der Waals surface area (Å²) in [5, 5.41) is 24.4. The third-order valence-electron chi connectivity index (χ3n) is 3.18. The van der Waals surface area contributed by atoms with Crippen LogP contribution >= 0.6 is 11.6 Å². The van der Waals surface area contributed by atoms with Gasteiger partial charge < -0.3 is 10.4 Å². The van der Waals surface area contributed by atoms with E-state index in [0.717, 1.165) is 5.56 Å². The molecule has 0 amide bonds. The maximum absolute atomic E-state index is 10.7. The second-order valence-electron chi connectivity index (χ2n) is 4.91. The molecule has 2 aromatic rings. The van der Waals surface area contributed by atoms with E-state index in [0.29, 0.717) is 5.69 Å². The largest absolute Gasteiger partial charge is 0.384 e. The summed E-state index contributed by atoms with van der Waals surface area (Å²) in [5.74, 6) is 0. The number of benzene rings is 2. The van der Waals surface area contributed by atoms with E-state index >= 15 is 0 Å². The SMILES string of the molecule is CC(O)(CNc1ccc([N+](=O)[O-])cc1Cl)c1ccccc1. The Labute approximate surface area is 127 Å². The van der Waals surface area contributed by atoms with Gasteiger partial charge >= 0.3 is 0 Å². The third kappa shape index (κ3) is 3.71. The van der Waals surface area contributed by atoms with Gasteiger partial charge in [-0.15, -0.1) is 0 Å². The fraction of sp³-hybridized carbons (Fsp3) is 0.200. The molecule has 0 fully saturated rings. The van der Waals surface area contributed by atoms with Crippen LogP contribution in [0.25, 0.3) is 0 Å². The summed E-state index contributed by atoms with van der Waals surface area (Å²) in [5.41, 5.74) is 0.168. The number of hydrogen-bond donors (Lipinski definition) is 2. The first kappa shape index (κ1) is 15.3. The summed E-state index contributed by atoms with van der Waals surface area (Å²) in [6, 6.07) is 13.4. The quantitative estimate of drug-likeness (QED) is 0.654. The predicted octanol–water partition coefficient (Wildman–Crippen LogP) is 3.57. The minimum Gasteiger partial charge on any atom is -0.384 e. The lowest BCUT2D eigenvalue weighted by molar-refractivity contribution is -0.384. The third-order valence-corrected chi connectivity index (χ3v) is 3.49. The maximum atomic E-state index is 10.7. The molecular formula is C15H15ClN2O3. The molecule has 0 bridgehead atoms. The van der Waals surface area contributed by atoms with Crippen LogP contribution in [-0.2, 0) is 5.60 Å². The van der Waals surface area contributed by atoms with Gasteiger partial charge in [-0.1, -0.05) is 41.9 Å². The molecule has 1 unspecified atom stereocenters. The zero-order valence-corrected chi connectivity index (χ0v) is 12.2. The van der Waals surface area contributed by atoms with Gasteiger partial charge in [0.05, 0.1) is 15.6 Å². The van der Waals surface area contributed by atoms with E-state index in [1.165, 1.54) is 18.2 Å². The van der Waals surface area contributed by atoms with Crippen LogP contribution in [0, 0.1) is 10.1 Å². The monoisotopic (exact) mass is 306 g/mol. The summed E-state index contributed by atoms with van der Waals surface area (Å²) in [4.78, 5) is 10.1. The normalized spacial score (nSPS) is 13.5. The number of nitrogens with zero attached hydrogens (tertiary/aromatic N) is 1. The van der Waals surface area contributed by atoms with Crippen molar-refractivity contribution in [3.63, 3.8) is 0 Å². The molecule has 6 heteroatoms. The summed E-state index contributed by atoms with van der Waals surface area (Å²) in [7, 11) is 0. The summed E-state index contributed by atoms with van der Waals surface area (Å²) >= 11 is 6.00. The summed E-state index contributed by atoms with van der Waals surface area (Å²) < 4.78 is 0. The minimum atomic E-state index is -1.08. The summed E-state index contributed by atoms with van der Waals surface area (Å²) in [6.45, 7) is 1.92. The molecule has 0 saturated heterocycles. The fourth-order valence-electron chi connectivity index (χ4n) is 1.93. The Kier molecular flexibility index (Phi) is 4.45. The van der Waals surface area contributed by atoms with Crippen LogP contribution < -0.4 is 5.32 Å². The van der Waals surface area contributed by atoms with E-state index in [1.807, 2.05) is 30.3 Å². The lowest BCUT2D eigenvalue weighted by Crippen LogP contribution is -2.30. The number of anilines is 1. The van der Waals surface area contributed by atoms with Gasteiger partial charge in [-0.05, 0) is 18.6 Å². The second-order valence-corrected chi connectivity index (χ2v) is 5.32. The van der Waals surface area contributed by atoms with Gasteiger partial charge in [0.15, 0.2) is 0 Å². The topological polar surface area (TPSA) is 75.4 Å². The van der Waals surface area contributed by atoms with Gasteiger partial charge in [0.1, 0.15) is 5.60 Å². The standard InChI is InChI=1S/C15H15ClN2O3/c1-15(19,11-5-3-2-4-6-11)10-17-14-8-7-12(18(20)21)9-13(14)16/h2-9,17,19H,10H2,1H3. The highest BCUT2D eigenvalue weighted by Crippen LogP contribution is 2.28. The zero-order valence-electron chi connectivity index (χ0n) is 11.4. The molecule has 21 heavy (non-hydrogen) atoms. The second kappa shape index (κ2) is 6.11. The lowest BCUT2D eigenvalue weighted by atomic mass is 9.96. The van der Waals surface area contributed by atoms with Crippen molar-refractivity contribution in [2.24, 2.45) is 0 Å². The van der Waals surface area contributed by atoms with Crippen LogP contribution in [-0.4, -0.2) is 16.6 Å². The molecule has 0 heterocycles. The Morgan fingerprint density at radius 3 is 2.52 bits per heavy atom. The number of halogens is 1. The van der Waals surface area contributed by atoms with Crippen LogP contribution in [0.1, 0.15) is 12.5 Å². The van der Waals surface area contributed by atoms with Crippen molar-refractivity contribution in [3.8, 4) is 0 Å². The van der Waals surface area contributed by atoms with Crippen molar-refractivity contribution in [1.29, 1.82) is 0 Å². The molecule has 2 aromatic carbocycles. The van der Waals surface area contributed by atoms with E-state index in [-0.39, 0.29) is 17.3 Å². The lowest BCUT2D eigenvalue weighted by Gasteiger charge is -2.25. The summed E-state index contributed by atoms with van der Waals surface area (Å²) in [6.07, 6.45) is 0. The van der Waals surface area contributed by atoms with Crippen LogP contribution in [0.2, 0.25) is 5.02 Å². The van der Waals surface area contributed by atoms with Crippen molar-refractivity contribution < 1.29 is 10.0 Å². The van der Waals surface area contributed by atoms with Crippen LogP contribution in [0.4, 0.5) is 11.4 Å². The number of aliphatic hydroxyl groups is 1. The molecule has 2 N–H and O–H groups in total. The molecule has 0 aliphatic heterocycles. The molecule has 0 aliphatic rings. The van der Waals surface area contributed by atoms with Gasteiger partial charge in [0.2, 0.25) is 0 Å².